The smallest absolute Gasteiger partial charge is 0.243 e. The molecule has 1 aliphatic heterocycles. The SMILES string of the molecule is O=S(=O)(c1cccc(-c2csc(NN=Cc3ccc(Cl)cc3)n2)c1)N1CCOCC1. The highest BCUT2D eigenvalue weighted by atomic mass is 35.5. The third-order valence-corrected chi connectivity index (χ3v) is 7.38. The maximum absolute atomic E-state index is 12.9. The number of anilines is 1. The summed E-state index contributed by atoms with van der Waals surface area (Å²) in [4.78, 5) is 4.76. The van der Waals surface area contributed by atoms with Crippen molar-refractivity contribution in [1.29, 1.82) is 0 Å². The van der Waals surface area contributed by atoms with Crippen LogP contribution in [0.2, 0.25) is 5.02 Å². The predicted molar refractivity (Wildman–Crippen MR) is 120 cm³/mol. The van der Waals surface area contributed by atoms with Gasteiger partial charge in [-0.2, -0.15) is 9.41 Å². The second-order valence-electron chi connectivity index (χ2n) is 6.50. The number of morpholine rings is 1. The molecule has 0 radical (unpaired) electrons. The number of nitrogens with one attached hydrogen (secondary N) is 1. The quantitative estimate of drug-likeness (QED) is 0.443. The zero-order chi connectivity index (χ0) is 21.0. The molecule has 1 saturated heterocycles. The minimum absolute atomic E-state index is 0.255. The third kappa shape index (κ3) is 4.88. The number of rotatable bonds is 6. The standard InChI is InChI=1S/C20H19ClN4O3S2/c21-17-6-4-15(5-7-17)13-22-24-20-23-19(14-29-20)16-2-1-3-18(12-16)30(26,27)25-8-10-28-11-9-25/h1-7,12-14H,8-11H2,(H,23,24). The summed E-state index contributed by atoms with van der Waals surface area (Å²) in [6.07, 6.45) is 1.67. The monoisotopic (exact) mass is 462 g/mol. The molecule has 2 heterocycles. The van der Waals surface area contributed by atoms with Crippen LogP contribution in [0.25, 0.3) is 11.3 Å². The van der Waals surface area contributed by atoms with E-state index in [1.54, 1.807) is 36.5 Å². The molecule has 10 heteroatoms. The van der Waals surface area contributed by atoms with Gasteiger partial charge in [-0.05, 0) is 29.8 Å². The molecule has 1 N–H and O–H groups in total. The van der Waals surface area contributed by atoms with Crippen molar-refractivity contribution in [1.82, 2.24) is 9.29 Å². The topological polar surface area (TPSA) is 83.9 Å². The van der Waals surface area contributed by atoms with Crippen LogP contribution in [0, 0.1) is 0 Å². The summed E-state index contributed by atoms with van der Waals surface area (Å²) < 4.78 is 32.5. The summed E-state index contributed by atoms with van der Waals surface area (Å²) in [5.41, 5.74) is 5.22. The molecule has 0 amide bonds. The van der Waals surface area contributed by atoms with Crippen LogP contribution in [0.5, 0.6) is 0 Å². The number of hydrazone groups is 1. The molecule has 30 heavy (non-hydrogen) atoms. The molecule has 0 unspecified atom stereocenters. The van der Waals surface area contributed by atoms with E-state index >= 15 is 0 Å². The first-order valence-corrected chi connectivity index (χ1v) is 11.9. The molecule has 1 aromatic heterocycles. The Morgan fingerprint density at radius 2 is 1.93 bits per heavy atom. The number of hydrogen-bond acceptors (Lipinski definition) is 7. The lowest BCUT2D eigenvalue weighted by atomic mass is 10.2. The van der Waals surface area contributed by atoms with Gasteiger partial charge in [-0.15, -0.1) is 11.3 Å². The van der Waals surface area contributed by atoms with Crippen LogP contribution in [-0.4, -0.2) is 50.2 Å². The lowest BCUT2D eigenvalue weighted by Gasteiger charge is -2.26. The summed E-state index contributed by atoms with van der Waals surface area (Å²) in [6.45, 7) is 1.55. The van der Waals surface area contributed by atoms with Gasteiger partial charge in [0.25, 0.3) is 0 Å². The lowest BCUT2D eigenvalue weighted by Crippen LogP contribution is -2.40. The number of nitrogens with zero attached hydrogens (tertiary/aromatic N) is 3. The molecule has 0 spiro atoms. The summed E-state index contributed by atoms with van der Waals surface area (Å²) in [5.74, 6) is 0. The summed E-state index contributed by atoms with van der Waals surface area (Å²) in [6, 6.07) is 14.1. The van der Waals surface area contributed by atoms with Gasteiger partial charge in [0.1, 0.15) is 0 Å². The van der Waals surface area contributed by atoms with Crippen LogP contribution in [-0.2, 0) is 14.8 Å². The van der Waals surface area contributed by atoms with E-state index in [1.165, 1.54) is 15.6 Å². The molecule has 0 aliphatic carbocycles. The Morgan fingerprint density at radius 3 is 2.70 bits per heavy atom. The molecule has 2 aromatic carbocycles. The minimum atomic E-state index is -3.55. The van der Waals surface area contributed by atoms with E-state index < -0.39 is 10.0 Å². The summed E-state index contributed by atoms with van der Waals surface area (Å²) >= 11 is 7.26. The van der Waals surface area contributed by atoms with Crippen molar-refractivity contribution in [2.24, 2.45) is 5.10 Å². The van der Waals surface area contributed by atoms with Crippen molar-refractivity contribution in [3.8, 4) is 11.3 Å². The van der Waals surface area contributed by atoms with Gasteiger partial charge >= 0.3 is 0 Å². The Labute approximate surface area is 184 Å². The highest BCUT2D eigenvalue weighted by molar-refractivity contribution is 7.89. The largest absolute Gasteiger partial charge is 0.379 e. The maximum Gasteiger partial charge on any atom is 0.243 e. The van der Waals surface area contributed by atoms with Crippen LogP contribution < -0.4 is 5.43 Å². The number of sulfonamides is 1. The van der Waals surface area contributed by atoms with Gasteiger partial charge < -0.3 is 4.74 Å². The van der Waals surface area contributed by atoms with Crippen LogP contribution in [0.15, 0.2) is 63.9 Å². The first-order valence-electron chi connectivity index (χ1n) is 9.21. The fourth-order valence-electron chi connectivity index (χ4n) is 2.92. The normalized spacial score (nSPS) is 15.5. The molecule has 156 valence electrons. The molecular weight excluding hydrogens is 444 g/mol. The molecule has 3 aromatic rings. The van der Waals surface area contributed by atoms with E-state index in [2.05, 4.69) is 15.5 Å². The Morgan fingerprint density at radius 1 is 1.17 bits per heavy atom. The Bertz CT molecular complexity index is 1140. The van der Waals surface area contributed by atoms with E-state index in [0.29, 0.717) is 42.2 Å². The van der Waals surface area contributed by atoms with Crippen molar-refractivity contribution in [3.63, 3.8) is 0 Å². The Hall–Kier alpha value is -2.30. The van der Waals surface area contributed by atoms with Gasteiger partial charge in [0.2, 0.25) is 15.2 Å². The molecule has 0 saturated carbocycles. The number of hydrogen-bond donors (Lipinski definition) is 1. The number of aromatic nitrogens is 1. The van der Waals surface area contributed by atoms with Crippen molar-refractivity contribution in [3.05, 3.63) is 64.5 Å². The molecule has 0 bridgehead atoms. The van der Waals surface area contributed by atoms with E-state index in [9.17, 15) is 8.42 Å². The van der Waals surface area contributed by atoms with Crippen molar-refractivity contribution in [2.45, 2.75) is 4.90 Å². The molecule has 1 aliphatic rings. The zero-order valence-corrected chi connectivity index (χ0v) is 18.3. The van der Waals surface area contributed by atoms with Crippen LogP contribution in [0.4, 0.5) is 5.13 Å². The van der Waals surface area contributed by atoms with Crippen molar-refractivity contribution >= 4 is 44.3 Å². The van der Waals surface area contributed by atoms with Gasteiger partial charge in [-0.1, -0.05) is 35.9 Å². The summed E-state index contributed by atoms with van der Waals surface area (Å²) in [5, 5.41) is 7.32. The van der Waals surface area contributed by atoms with E-state index in [1.807, 2.05) is 23.6 Å². The zero-order valence-electron chi connectivity index (χ0n) is 15.9. The van der Waals surface area contributed by atoms with E-state index in [-0.39, 0.29) is 4.90 Å². The van der Waals surface area contributed by atoms with Gasteiger partial charge in [0.15, 0.2) is 0 Å². The highest BCUT2D eigenvalue weighted by Gasteiger charge is 2.26. The molecule has 1 fully saturated rings. The molecule has 0 atom stereocenters. The average Bonchev–Trinajstić information content (AvgIpc) is 3.25. The van der Waals surface area contributed by atoms with Gasteiger partial charge in [-0.3, -0.25) is 5.43 Å². The van der Waals surface area contributed by atoms with Gasteiger partial charge in [0, 0.05) is 29.1 Å². The lowest BCUT2D eigenvalue weighted by molar-refractivity contribution is 0.0730. The fourth-order valence-corrected chi connectivity index (χ4v) is 5.17. The molecule has 4 rings (SSSR count). The van der Waals surface area contributed by atoms with Crippen molar-refractivity contribution in [2.75, 3.05) is 31.7 Å². The van der Waals surface area contributed by atoms with Gasteiger partial charge in [0.05, 0.1) is 30.0 Å². The predicted octanol–water partition coefficient (Wildman–Crippen LogP) is 3.93. The van der Waals surface area contributed by atoms with E-state index in [0.717, 1.165) is 11.1 Å². The third-order valence-electron chi connectivity index (χ3n) is 4.49. The van der Waals surface area contributed by atoms with Crippen LogP contribution >= 0.6 is 22.9 Å². The van der Waals surface area contributed by atoms with Crippen molar-refractivity contribution < 1.29 is 13.2 Å². The Kier molecular flexibility index (Phi) is 6.45. The summed E-state index contributed by atoms with van der Waals surface area (Å²) in [7, 11) is -3.55. The fraction of sp³-hybridized carbons (Fsp3) is 0.200. The van der Waals surface area contributed by atoms with Crippen LogP contribution in [0.3, 0.4) is 0 Å². The molecule has 7 nitrogen and oxygen atoms in total. The molecular formula is C20H19ClN4O3S2. The maximum atomic E-state index is 12.9. The minimum Gasteiger partial charge on any atom is -0.379 e. The number of benzene rings is 2. The number of thiazole rings is 1. The second-order valence-corrected chi connectivity index (χ2v) is 9.74. The Balaban J connectivity index is 1.48. The number of ether oxygens (including phenoxy) is 1. The van der Waals surface area contributed by atoms with Gasteiger partial charge in [-0.25, -0.2) is 13.4 Å². The van der Waals surface area contributed by atoms with Crippen LogP contribution in [0.1, 0.15) is 5.56 Å². The average molecular weight is 463 g/mol. The highest BCUT2D eigenvalue weighted by Crippen LogP contribution is 2.28. The number of halogens is 1. The second kappa shape index (κ2) is 9.23. The van der Waals surface area contributed by atoms with E-state index in [4.69, 9.17) is 16.3 Å². The first-order chi connectivity index (χ1) is 14.5. The first kappa shape index (κ1) is 21.0.